The highest BCUT2D eigenvalue weighted by molar-refractivity contribution is 5.60. The SMILES string of the molecule is CN(C(C#N)=C(C#N)C#N)c1ccccc1. The Hall–Kier alpha value is -2.77. The molecule has 4 nitrogen and oxygen atoms in total. The van der Waals surface area contributed by atoms with Crippen molar-refractivity contribution in [2.75, 3.05) is 11.9 Å². The summed E-state index contributed by atoms with van der Waals surface area (Å²) in [7, 11) is 1.64. The van der Waals surface area contributed by atoms with Crippen LogP contribution < -0.4 is 4.90 Å². The second-order valence-corrected chi connectivity index (χ2v) is 2.95. The van der Waals surface area contributed by atoms with Gasteiger partial charge in [-0.3, -0.25) is 0 Å². The Morgan fingerprint density at radius 2 is 1.56 bits per heavy atom. The van der Waals surface area contributed by atoms with E-state index in [-0.39, 0.29) is 11.3 Å². The molecule has 76 valence electrons. The van der Waals surface area contributed by atoms with Crippen molar-refractivity contribution in [2.45, 2.75) is 0 Å². The molecule has 0 radical (unpaired) electrons. The van der Waals surface area contributed by atoms with E-state index in [4.69, 9.17) is 15.8 Å². The van der Waals surface area contributed by atoms with Crippen LogP contribution in [0.15, 0.2) is 41.6 Å². The molecule has 0 fully saturated rings. The van der Waals surface area contributed by atoms with Crippen molar-refractivity contribution in [3.63, 3.8) is 0 Å². The molecule has 1 aromatic carbocycles. The predicted molar refractivity (Wildman–Crippen MR) is 58.7 cm³/mol. The number of hydrogen-bond acceptors (Lipinski definition) is 4. The highest BCUT2D eigenvalue weighted by atomic mass is 15.1. The van der Waals surface area contributed by atoms with E-state index in [1.54, 1.807) is 31.3 Å². The van der Waals surface area contributed by atoms with Crippen LogP contribution in [-0.2, 0) is 0 Å². The van der Waals surface area contributed by atoms with Crippen molar-refractivity contribution in [1.29, 1.82) is 15.8 Å². The van der Waals surface area contributed by atoms with Crippen LogP contribution in [0.25, 0.3) is 0 Å². The fraction of sp³-hybridized carbons (Fsp3) is 0.0833. The second-order valence-electron chi connectivity index (χ2n) is 2.95. The first kappa shape index (κ1) is 11.3. The van der Waals surface area contributed by atoms with Gasteiger partial charge in [0.05, 0.1) is 0 Å². The molecule has 0 unspecified atom stereocenters. The number of allylic oxidation sites excluding steroid dienone is 2. The minimum atomic E-state index is -0.186. The van der Waals surface area contributed by atoms with Crippen molar-refractivity contribution in [1.82, 2.24) is 0 Å². The Kier molecular flexibility index (Phi) is 3.67. The smallest absolute Gasteiger partial charge is 0.164 e. The van der Waals surface area contributed by atoms with Crippen LogP contribution in [0.4, 0.5) is 5.69 Å². The van der Waals surface area contributed by atoms with Gasteiger partial charge in [-0.25, -0.2) is 0 Å². The van der Waals surface area contributed by atoms with E-state index in [1.165, 1.54) is 4.90 Å². The molecule has 1 aromatic rings. The number of hydrogen-bond donors (Lipinski definition) is 0. The lowest BCUT2D eigenvalue weighted by atomic mass is 10.2. The first-order chi connectivity index (χ1) is 7.74. The van der Waals surface area contributed by atoms with E-state index >= 15 is 0 Å². The van der Waals surface area contributed by atoms with Crippen LogP contribution in [0.2, 0.25) is 0 Å². The largest absolute Gasteiger partial charge is 0.334 e. The van der Waals surface area contributed by atoms with Gasteiger partial charge in [0.15, 0.2) is 5.57 Å². The lowest BCUT2D eigenvalue weighted by Crippen LogP contribution is -2.16. The minimum absolute atomic E-state index is 0.0520. The third-order valence-electron chi connectivity index (χ3n) is 2.05. The van der Waals surface area contributed by atoms with Crippen LogP contribution in [0.3, 0.4) is 0 Å². The highest BCUT2D eigenvalue weighted by Crippen LogP contribution is 2.18. The van der Waals surface area contributed by atoms with E-state index in [1.807, 2.05) is 24.3 Å². The van der Waals surface area contributed by atoms with Crippen LogP contribution >= 0.6 is 0 Å². The quantitative estimate of drug-likeness (QED) is 0.696. The lowest BCUT2D eigenvalue weighted by molar-refractivity contribution is 1.13. The first-order valence-electron chi connectivity index (χ1n) is 4.48. The molecule has 0 aliphatic carbocycles. The molecule has 0 amide bonds. The van der Waals surface area contributed by atoms with Gasteiger partial charge in [-0.1, -0.05) is 18.2 Å². The van der Waals surface area contributed by atoms with Crippen LogP contribution in [0.1, 0.15) is 0 Å². The maximum absolute atomic E-state index is 8.94. The van der Waals surface area contributed by atoms with E-state index in [2.05, 4.69) is 0 Å². The van der Waals surface area contributed by atoms with Crippen molar-refractivity contribution >= 4 is 5.69 Å². The second kappa shape index (κ2) is 5.20. The zero-order valence-electron chi connectivity index (χ0n) is 8.68. The summed E-state index contributed by atoms with van der Waals surface area (Å²) in [6.45, 7) is 0. The molecule has 0 aromatic heterocycles. The van der Waals surface area contributed by atoms with Gasteiger partial charge >= 0.3 is 0 Å². The molecule has 0 saturated heterocycles. The molecule has 0 spiro atoms. The maximum atomic E-state index is 8.94. The Labute approximate surface area is 93.9 Å². The van der Waals surface area contributed by atoms with E-state index in [0.29, 0.717) is 0 Å². The molecule has 0 bridgehead atoms. The number of anilines is 1. The van der Waals surface area contributed by atoms with E-state index < -0.39 is 0 Å². The Balaban J connectivity index is 3.22. The third kappa shape index (κ3) is 2.18. The molecule has 0 heterocycles. The highest BCUT2D eigenvalue weighted by Gasteiger charge is 2.12. The minimum Gasteiger partial charge on any atom is -0.334 e. The summed E-state index contributed by atoms with van der Waals surface area (Å²) in [5, 5.41) is 26.4. The average Bonchev–Trinajstić information content (AvgIpc) is 2.36. The fourth-order valence-electron chi connectivity index (χ4n) is 1.21. The van der Waals surface area contributed by atoms with Gasteiger partial charge in [0.25, 0.3) is 0 Å². The summed E-state index contributed by atoms with van der Waals surface area (Å²) in [5.74, 6) is 0. The predicted octanol–water partition coefficient (Wildman–Crippen LogP) is 1.95. The van der Waals surface area contributed by atoms with Gasteiger partial charge in [0, 0.05) is 12.7 Å². The van der Waals surface area contributed by atoms with Gasteiger partial charge in [-0.2, -0.15) is 15.8 Å². The summed E-state index contributed by atoms with van der Waals surface area (Å²) in [5.41, 5.74) is 0.618. The Morgan fingerprint density at radius 3 is 2.00 bits per heavy atom. The number of para-hydroxylation sites is 1. The fourth-order valence-corrected chi connectivity index (χ4v) is 1.21. The van der Waals surface area contributed by atoms with Gasteiger partial charge in [-0.15, -0.1) is 0 Å². The number of nitrogens with zero attached hydrogens (tertiary/aromatic N) is 4. The van der Waals surface area contributed by atoms with Gasteiger partial charge in [0.2, 0.25) is 0 Å². The van der Waals surface area contributed by atoms with Gasteiger partial charge < -0.3 is 4.90 Å². The van der Waals surface area contributed by atoms with E-state index in [9.17, 15) is 0 Å². The summed E-state index contributed by atoms with van der Waals surface area (Å²) < 4.78 is 0. The molecule has 0 aliphatic heterocycles. The van der Waals surface area contributed by atoms with Gasteiger partial charge in [0.1, 0.15) is 23.9 Å². The third-order valence-corrected chi connectivity index (χ3v) is 2.05. The topological polar surface area (TPSA) is 74.6 Å². The lowest BCUT2D eigenvalue weighted by Gasteiger charge is -2.17. The number of nitriles is 3. The van der Waals surface area contributed by atoms with Crippen LogP contribution in [-0.4, -0.2) is 7.05 Å². The van der Waals surface area contributed by atoms with Crippen molar-refractivity contribution < 1.29 is 0 Å². The van der Waals surface area contributed by atoms with E-state index in [0.717, 1.165) is 5.69 Å². The standard InChI is InChI=1S/C12H8N4/c1-16(11-5-3-2-4-6-11)12(9-15)10(7-13)8-14/h2-6H,1H3. The summed E-state index contributed by atoms with van der Waals surface area (Å²) >= 11 is 0. The molecule has 16 heavy (non-hydrogen) atoms. The number of benzene rings is 1. The number of rotatable bonds is 2. The summed E-state index contributed by atoms with van der Waals surface area (Å²) in [6.07, 6.45) is 0. The maximum Gasteiger partial charge on any atom is 0.164 e. The molecule has 1 rings (SSSR count). The molecular weight excluding hydrogens is 200 g/mol. The normalized spacial score (nSPS) is 8.12. The van der Waals surface area contributed by atoms with Crippen LogP contribution in [0.5, 0.6) is 0 Å². The Morgan fingerprint density at radius 1 is 1.00 bits per heavy atom. The molecule has 0 aliphatic rings. The molecular formula is C12H8N4. The summed E-state index contributed by atoms with van der Waals surface area (Å²) in [4.78, 5) is 1.52. The average molecular weight is 208 g/mol. The summed E-state index contributed by atoms with van der Waals surface area (Å²) in [6, 6.07) is 14.4. The molecule has 0 atom stereocenters. The Bertz CT molecular complexity index is 507. The molecule has 4 heteroatoms. The zero-order chi connectivity index (χ0) is 12.0. The van der Waals surface area contributed by atoms with Gasteiger partial charge in [-0.05, 0) is 12.1 Å². The molecule has 0 saturated carbocycles. The van der Waals surface area contributed by atoms with Crippen molar-refractivity contribution in [2.24, 2.45) is 0 Å². The monoisotopic (exact) mass is 208 g/mol. The molecule has 0 N–H and O–H groups in total. The van der Waals surface area contributed by atoms with Crippen LogP contribution in [0, 0.1) is 34.0 Å². The van der Waals surface area contributed by atoms with Crippen molar-refractivity contribution in [3.8, 4) is 18.2 Å². The zero-order valence-corrected chi connectivity index (χ0v) is 8.68. The van der Waals surface area contributed by atoms with Crippen molar-refractivity contribution in [3.05, 3.63) is 41.6 Å². The first-order valence-corrected chi connectivity index (χ1v) is 4.48.